The van der Waals surface area contributed by atoms with E-state index >= 15 is 0 Å². The molecule has 0 atom stereocenters. The molecule has 3 nitrogen and oxygen atoms in total. The lowest BCUT2D eigenvalue weighted by Gasteiger charge is -2.10. The van der Waals surface area contributed by atoms with Gasteiger partial charge in [-0.2, -0.15) is 0 Å². The van der Waals surface area contributed by atoms with E-state index in [1.807, 2.05) is 23.6 Å². The van der Waals surface area contributed by atoms with Crippen LogP contribution >= 0.6 is 22.9 Å². The Labute approximate surface area is 130 Å². The summed E-state index contributed by atoms with van der Waals surface area (Å²) in [5.74, 6) is 0.551. The van der Waals surface area contributed by atoms with Crippen LogP contribution in [-0.4, -0.2) is 9.97 Å². The van der Waals surface area contributed by atoms with Gasteiger partial charge >= 0.3 is 0 Å². The van der Waals surface area contributed by atoms with Crippen molar-refractivity contribution >= 4 is 39.0 Å². The fourth-order valence-corrected chi connectivity index (χ4v) is 3.27. The molecule has 0 saturated carbocycles. The summed E-state index contributed by atoms with van der Waals surface area (Å²) in [6.45, 7) is 4.09. The second-order valence-electron chi connectivity index (χ2n) is 4.88. The highest BCUT2D eigenvalue weighted by Crippen LogP contribution is 2.27. The molecule has 0 saturated heterocycles. The predicted molar refractivity (Wildman–Crippen MR) is 85.6 cm³/mol. The summed E-state index contributed by atoms with van der Waals surface area (Å²) in [5.41, 5.74) is 2.30. The van der Waals surface area contributed by atoms with Gasteiger partial charge in [0.25, 0.3) is 0 Å². The fraction of sp³-hybridized carbons (Fsp3) is 0.200. The van der Waals surface area contributed by atoms with Crippen molar-refractivity contribution in [3.05, 3.63) is 51.4 Å². The van der Waals surface area contributed by atoms with E-state index in [2.05, 4.69) is 15.3 Å². The quantitative estimate of drug-likeness (QED) is 0.710. The molecule has 3 rings (SSSR count). The third-order valence-corrected chi connectivity index (χ3v) is 4.23. The van der Waals surface area contributed by atoms with E-state index in [1.54, 1.807) is 13.8 Å². The van der Waals surface area contributed by atoms with Gasteiger partial charge in [-0.15, -0.1) is 11.3 Å². The van der Waals surface area contributed by atoms with Crippen molar-refractivity contribution in [2.75, 3.05) is 5.32 Å². The van der Waals surface area contributed by atoms with Crippen LogP contribution < -0.4 is 5.32 Å². The minimum absolute atomic E-state index is 0.149. The first kappa shape index (κ1) is 14.2. The van der Waals surface area contributed by atoms with E-state index in [4.69, 9.17) is 11.6 Å². The van der Waals surface area contributed by atoms with E-state index in [1.165, 1.54) is 11.3 Å². The molecule has 0 fully saturated rings. The number of anilines is 1. The average molecular weight is 322 g/mol. The molecule has 0 aliphatic heterocycles. The molecule has 21 heavy (non-hydrogen) atoms. The molecule has 3 aromatic rings. The molecule has 2 aromatic heterocycles. The van der Waals surface area contributed by atoms with Crippen molar-refractivity contribution in [1.82, 2.24) is 9.97 Å². The van der Waals surface area contributed by atoms with Gasteiger partial charge < -0.3 is 5.32 Å². The van der Waals surface area contributed by atoms with E-state index in [9.17, 15) is 4.39 Å². The van der Waals surface area contributed by atoms with Crippen molar-refractivity contribution in [2.45, 2.75) is 20.4 Å². The Kier molecular flexibility index (Phi) is 3.78. The van der Waals surface area contributed by atoms with Gasteiger partial charge in [0.1, 0.15) is 16.5 Å². The van der Waals surface area contributed by atoms with E-state index in [0.29, 0.717) is 23.5 Å². The number of hydrogen-bond donors (Lipinski definition) is 1. The Balaban J connectivity index is 1.88. The van der Waals surface area contributed by atoms with Crippen LogP contribution in [0.25, 0.3) is 10.2 Å². The average Bonchev–Trinajstić information content (AvgIpc) is 2.90. The van der Waals surface area contributed by atoms with Gasteiger partial charge in [-0.05, 0) is 53.6 Å². The van der Waals surface area contributed by atoms with Crippen LogP contribution in [0.2, 0.25) is 5.28 Å². The third-order valence-electron chi connectivity index (χ3n) is 3.25. The first-order valence-corrected chi connectivity index (χ1v) is 7.70. The highest BCUT2D eigenvalue weighted by atomic mass is 35.5. The largest absolute Gasteiger partial charge is 0.365 e. The number of aryl methyl sites for hydroxylation is 2. The standard InChI is InChI=1S/C15H13ClFN3S/c1-8-5-10(6-9(2)12(8)17)7-18-13-11-3-4-21-14(11)20-15(16)19-13/h3-6H,7H2,1-2H3,(H,18,19,20). The highest BCUT2D eigenvalue weighted by molar-refractivity contribution is 7.16. The van der Waals surface area contributed by atoms with Crippen LogP contribution in [0.1, 0.15) is 16.7 Å². The monoisotopic (exact) mass is 321 g/mol. The number of rotatable bonds is 3. The van der Waals surface area contributed by atoms with Gasteiger partial charge in [0.2, 0.25) is 5.28 Å². The maximum atomic E-state index is 13.6. The maximum absolute atomic E-state index is 13.6. The zero-order valence-electron chi connectivity index (χ0n) is 11.6. The SMILES string of the molecule is Cc1cc(CNc2nc(Cl)nc3sccc23)cc(C)c1F. The molecular weight excluding hydrogens is 309 g/mol. The number of aromatic nitrogens is 2. The summed E-state index contributed by atoms with van der Waals surface area (Å²) in [6.07, 6.45) is 0. The van der Waals surface area contributed by atoms with Crippen LogP contribution in [0.3, 0.4) is 0 Å². The van der Waals surface area contributed by atoms with E-state index in [0.717, 1.165) is 15.8 Å². The van der Waals surface area contributed by atoms with Gasteiger partial charge in [-0.3, -0.25) is 0 Å². The minimum atomic E-state index is -0.149. The molecule has 108 valence electrons. The Morgan fingerprint density at radius 3 is 2.67 bits per heavy atom. The minimum Gasteiger partial charge on any atom is -0.365 e. The van der Waals surface area contributed by atoms with Crippen molar-refractivity contribution < 1.29 is 4.39 Å². The zero-order chi connectivity index (χ0) is 15.0. The number of hydrogen-bond acceptors (Lipinski definition) is 4. The smallest absolute Gasteiger partial charge is 0.225 e. The van der Waals surface area contributed by atoms with Crippen molar-refractivity contribution in [3.8, 4) is 0 Å². The summed E-state index contributed by atoms with van der Waals surface area (Å²) >= 11 is 7.45. The molecule has 0 bridgehead atoms. The number of nitrogens with one attached hydrogen (secondary N) is 1. The van der Waals surface area contributed by atoms with Crippen LogP contribution in [0, 0.1) is 19.7 Å². The van der Waals surface area contributed by atoms with Gasteiger partial charge in [0.15, 0.2) is 0 Å². The first-order valence-electron chi connectivity index (χ1n) is 6.45. The Morgan fingerprint density at radius 1 is 1.24 bits per heavy atom. The number of fused-ring (bicyclic) bond motifs is 1. The van der Waals surface area contributed by atoms with E-state index < -0.39 is 0 Å². The number of halogens is 2. The molecular formula is C15H13ClFN3S. The number of nitrogens with zero attached hydrogens (tertiary/aromatic N) is 2. The summed E-state index contributed by atoms with van der Waals surface area (Å²) in [5, 5.41) is 6.37. The fourth-order valence-electron chi connectivity index (χ4n) is 2.29. The molecule has 0 aliphatic rings. The normalized spacial score (nSPS) is 11.0. The van der Waals surface area contributed by atoms with Crippen LogP contribution in [-0.2, 0) is 6.54 Å². The molecule has 0 aliphatic carbocycles. The lowest BCUT2D eigenvalue weighted by atomic mass is 10.1. The number of benzene rings is 1. The van der Waals surface area contributed by atoms with Gasteiger partial charge in [0, 0.05) is 6.54 Å². The Morgan fingerprint density at radius 2 is 1.95 bits per heavy atom. The molecule has 2 heterocycles. The topological polar surface area (TPSA) is 37.8 Å². The molecule has 0 unspecified atom stereocenters. The van der Waals surface area contributed by atoms with E-state index in [-0.39, 0.29) is 11.1 Å². The summed E-state index contributed by atoms with van der Waals surface area (Å²) in [4.78, 5) is 9.25. The van der Waals surface area contributed by atoms with Crippen molar-refractivity contribution in [1.29, 1.82) is 0 Å². The van der Waals surface area contributed by atoms with Crippen LogP contribution in [0.5, 0.6) is 0 Å². The first-order chi connectivity index (χ1) is 10.0. The molecule has 0 spiro atoms. The number of thiophene rings is 1. The molecule has 0 radical (unpaired) electrons. The molecule has 1 N–H and O–H groups in total. The maximum Gasteiger partial charge on any atom is 0.225 e. The summed E-state index contributed by atoms with van der Waals surface area (Å²) in [6, 6.07) is 5.63. The predicted octanol–water partition coefficient (Wildman–Crippen LogP) is 4.71. The summed E-state index contributed by atoms with van der Waals surface area (Å²) in [7, 11) is 0. The molecule has 6 heteroatoms. The van der Waals surface area contributed by atoms with Crippen LogP contribution in [0.15, 0.2) is 23.6 Å². The van der Waals surface area contributed by atoms with Crippen LogP contribution in [0.4, 0.5) is 10.2 Å². The zero-order valence-corrected chi connectivity index (χ0v) is 13.1. The second kappa shape index (κ2) is 5.58. The Bertz CT molecular complexity index is 793. The lowest BCUT2D eigenvalue weighted by Crippen LogP contribution is -2.04. The lowest BCUT2D eigenvalue weighted by molar-refractivity contribution is 0.608. The Hall–Kier alpha value is -1.72. The summed E-state index contributed by atoms with van der Waals surface area (Å²) < 4.78 is 13.6. The third kappa shape index (κ3) is 2.84. The molecule has 1 aromatic carbocycles. The van der Waals surface area contributed by atoms with Gasteiger partial charge in [0.05, 0.1) is 5.39 Å². The van der Waals surface area contributed by atoms with Gasteiger partial charge in [-0.1, -0.05) is 12.1 Å². The van der Waals surface area contributed by atoms with Gasteiger partial charge in [-0.25, -0.2) is 14.4 Å². The second-order valence-corrected chi connectivity index (χ2v) is 6.11. The van der Waals surface area contributed by atoms with Crippen molar-refractivity contribution in [3.63, 3.8) is 0 Å². The van der Waals surface area contributed by atoms with Crippen molar-refractivity contribution in [2.24, 2.45) is 0 Å². The highest BCUT2D eigenvalue weighted by Gasteiger charge is 2.09. The molecule has 0 amide bonds.